The Labute approximate surface area is 149 Å². The van der Waals surface area contributed by atoms with Gasteiger partial charge in [0.25, 0.3) is 17.1 Å². The van der Waals surface area contributed by atoms with Crippen molar-refractivity contribution in [2.45, 2.75) is 6.54 Å². The van der Waals surface area contributed by atoms with E-state index in [0.717, 1.165) is 4.88 Å². The predicted octanol–water partition coefficient (Wildman–Crippen LogP) is 2.78. The van der Waals surface area contributed by atoms with Crippen LogP contribution >= 0.6 is 34.3 Å². The van der Waals surface area contributed by atoms with E-state index in [1.807, 2.05) is 12.1 Å². The van der Waals surface area contributed by atoms with Gasteiger partial charge in [0.2, 0.25) is 0 Å². The average Bonchev–Trinajstić information content (AvgIpc) is 3.30. The molecule has 0 spiro atoms. The SMILES string of the molecule is O=C(c1cscn1)c1c(O)[n+]2ccccc2n1Cc1cnc(Cl)s1. The predicted molar refractivity (Wildman–Crippen MR) is 91.0 cm³/mol. The second kappa shape index (κ2) is 5.97. The first-order chi connectivity index (χ1) is 11.6. The first-order valence-corrected chi connectivity index (χ1v) is 9.04. The van der Waals surface area contributed by atoms with Gasteiger partial charge in [-0.05, 0) is 6.07 Å². The van der Waals surface area contributed by atoms with Crippen molar-refractivity contribution in [1.82, 2.24) is 14.5 Å². The highest BCUT2D eigenvalue weighted by molar-refractivity contribution is 7.15. The molecule has 0 aromatic carbocycles. The molecule has 4 aromatic heterocycles. The summed E-state index contributed by atoms with van der Waals surface area (Å²) in [7, 11) is 0. The molecule has 6 nitrogen and oxygen atoms in total. The smallest absolute Gasteiger partial charge is 0.339 e. The summed E-state index contributed by atoms with van der Waals surface area (Å²) >= 11 is 8.57. The third-order valence-electron chi connectivity index (χ3n) is 3.54. The normalized spacial score (nSPS) is 11.2. The van der Waals surface area contributed by atoms with Crippen molar-refractivity contribution in [3.63, 3.8) is 0 Å². The fourth-order valence-electron chi connectivity index (χ4n) is 2.53. The second-order valence-corrected chi connectivity index (χ2v) is 7.39. The zero-order chi connectivity index (χ0) is 16.7. The molecule has 4 rings (SSSR count). The number of rotatable bonds is 4. The van der Waals surface area contributed by atoms with Crippen LogP contribution in [0.1, 0.15) is 21.1 Å². The minimum absolute atomic E-state index is 0.112. The molecule has 0 radical (unpaired) electrons. The second-order valence-electron chi connectivity index (χ2n) is 4.97. The minimum atomic E-state index is -0.326. The molecule has 0 amide bonds. The Kier molecular flexibility index (Phi) is 3.79. The molecule has 0 aliphatic heterocycles. The van der Waals surface area contributed by atoms with E-state index in [0.29, 0.717) is 22.4 Å². The summed E-state index contributed by atoms with van der Waals surface area (Å²) in [5.41, 5.74) is 2.78. The molecule has 1 N–H and O–H groups in total. The topological polar surface area (TPSA) is 72.1 Å². The van der Waals surface area contributed by atoms with Crippen LogP contribution in [0.2, 0.25) is 4.47 Å². The molecule has 0 saturated heterocycles. The van der Waals surface area contributed by atoms with Crippen LogP contribution in [0, 0.1) is 0 Å². The van der Waals surface area contributed by atoms with E-state index >= 15 is 0 Å². The number of pyridine rings is 1. The first-order valence-electron chi connectivity index (χ1n) is 6.90. The molecular formula is C15H10ClN4O2S2+. The van der Waals surface area contributed by atoms with Gasteiger partial charge >= 0.3 is 5.88 Å². The molecule has 4 heterocycles. The van der Waals surface area contributed by atoms with Crippen molar-refractivity contribution >= 4 is 45.7 Å². The number of hydrogen-bond donors (Lipinski definition) is 1. The summed E-state index contributed by atoms with van der Waals surface area (Å²) in [4.78, 5) is 21.8. The fraction of sp³-hybridized carbons (Fsp3) is 0.0667. The van der Waals surface area contributed by atoms with Crippen LogP contribution in [-0.4, -0.2) is 25.4 Å². The van der Waals surface area contributed by atoms with Gasteiger partial charge in [-0.15, -0.1) is 22.7 Å². The van der Waals surface area contributed by atoms with E-state index in [4.69, 9.17) is 11.6 Å². The highest BCUT2D eigenvalue weighted by Crippen LogP contribution is 2.25. The number of halogens is 1. The quantitative estimate of drug-likeness (QED) is 0.438. The zero-order valence-electron chi connectivity index (χ0n) is 12.1. The molecule has 0 unspecified atom stereocenters. The molecule has 0 aliphatic rings. The van der Waals surface area contributed by atoms with Crippen molar-refractivity contribution in [1.29, 1.82) is 0 Å². The number of aromatic hydroxyl groups is 1. The van der Waals surface area contributed by atoms with Gasteiger partial charge in [0, 0.05) is 17.6 Å². The molecular weight excluding hydrogens is 368 g/mol. The Bertz CT molecular complexity index is 1040. The van der Waals surface area contributed by atoms with Crippen LogP contribution in [0.5, 0.6) is 5.88 Å². The van der Waals surface area contributed by atoms with Crippen LogP contribution in [0.25, 0.3) is 5.65 Å². The van der Waals surface area contributed by atoms with Crippen molar-refractivity contribution in [3.8, 4) is 5.88 Å². The Morgan fingerprint density at radius 3 is 2.96 bits per heavy atom. The summed E-state index contributed by atoms with van der Waals surface area (Å²) in [6.07, 6.45) is 3.37. The van der Waals surface area contributed by atoms with Gasteiger partial charge in [0.1, 0.15) is 12.2 Å². The number of aromatic nitrogens is 4. The molecule has 9 heteroatoms. The molecule has 0 atom stereocenters. The fourth-order valence-corrected chi connectivity index (χ4v) is 4.02. The summed E-state index contributed by atoms with van der Waals surface area (Å²) in [5, 5.41) is 12.2. The van der Waals surface area contributed by atoms with Crippen LogP contribution in [0.15, 0.2) is 41.5 Å². The van der Waals surface area contributed by atoms with Crippen molar-refractivity contribution in [2.75, 3.05) is 0 Å². The van der Waals surface area contributed by atoms with Gasteiger partial charge < -0.3 is 5.11 Å². The van der Waals surface area contributed by atoms with Gasteiger partial charge in [0.15, 0.2) is 4.47 Å². The van der Waals surface area contributed by atoms with E-state index in [1.54, 1.807) is 38.3 Å². The summed E-state index contributed by atoms with van der Waals surface area (Å²) < 4.78 is 3.76. The van der Waals surface area contributed by atoms with Crippen LogP contribution in [0.3, 0.4) is 0 Å². The lowest BCUT2D eigenvalue weighted by molar-refractivity contribution is -0.521. The first kappa shape index (κ1) is 15.3. The number of fused-ring (bicyclic) bond motifs is 1. The van der Waals surface area contributed by atoms with E-state index in [1.165, 1.54) is 22.7 Å². The van der Waals surface area contributed by atoms with Crippen molar-refractivity contribution in [2.24, 2.45) is 0 Å². The van der Waals surface area contributed by atoms with Crippen LogP contribution in [0.4, 0.5) is 0 Å². The Hall–Kier alpha value is -2.29. The maximum absolute atomic E-state index is 12.8. The van der Waals surface area contributed by atoms with E-state index in [2.05, 4.69) is 9.97 Å². The van der Waals surface area contributed by atoms with Gasteiger partial charge in [-0.3, -0.25) is 4.79 Å². The Morgan fingerprint density at radius 2 is 2.25 bits per heavy atom. The number of carbonyl (C=O) groups is 1. The zero-order valence-corrected chi connectivity index (χ0v) is 14.5. The largest absolute Gasteiger partial charge is 0.474 e. The number of nitrogens with zero attached hydrogens (tertiary/aromatic N) is 4. The summed E-state index contributed by atoms with van der Waals surface area (Å²) in [6.45, 7) is 0.379. The molecule has 0 saturated carbocycles. The van der Waals surface area contributed by atoms with Gasteiger partial charge in [-0.2, -0.15) is 4.40 Å². The molecule has 0 bridgehead atoms. The lowest BCUT2D eigenvalue weighted by Crippen LogP contribution is -2.19. The molecule has 120 valence electrons. The number of carbonyl (C=O) groups excluding carboxylic acids is 1. The highest BCUT2D eigenvalue weighted by atomic mass is 35.5. The van der Waals surface area contributed by atoms with Crippen LogP contribution < -0.4 is 4.40 Å². The molecule has 24 heavy (non-hydrogen) atoms. The average molecular weight is 378 g/mol. The summed E-state index contributed by atoms with van der Waals surface area (Å²) in [6, 6.07) is 5.47. The molecule has 4 aromatic rings. The third-order valence-corrected chi connectivity index (χ3v) is 5.23. The van der Waals surface area contributed by atoms with E-state index in [-0.39, 0.29) is 17.4 Å². The number of hydrogen-bond acceptors (Lipinski definition) is 6. The van der Waals surface area contributed by atoms with Gasteiger partial charge in [0.05, 0.1) is 16.6 Å². The lowest BCUT2D eigenvalue weighted by atomic mass is 10.2. The summed E-state index contributed by atoms with van der Waals surface area (Å²) in [5.74, 6) is -0.438. The van der Waals surface area contributed by atoms with Gasteiger partial charge in [-0.1, -0.05) is 17.7 Å². The minimum Gasteiger partial charge on any atom is -0.474 e. The van der Waals surface area contributed by atoms with Crippen molar-refractivity contribution in [3.05, 3.63) is 62.2 Å². The van der Waals surface area contributed by atoms with E-state index < -0.39 is 0 Å². The maximum atomic E-state index is 12.8. The number of ketones is 1. The number of imidazole rings is 1. The third kappa shape index (κ3) is 2.48. The van der Waals surface area contributed by atoms with E-state index in [9.17, 15) is 9.90 Å². The standard InChI is InChI=1S/C15H9ClN4O2S2/c16-15-17-5-9(24-15)6-20-11-3-1-2-4-19(11)14(22)12(20)13(21)10-7-23-8-18-10/h1-5,7-8H,6H2/p+1. The highest BCUT2D eigenvalue weighted by Gasteiger charge is 2.32. The Balaban J connectivity index is 1.92. The molecule has 0 aliphatic carbocycles. The van der Waals surface area contributed by atoms with Crippen LogP contribution in [-0.2, 0) is 6.54 Å². The molecule has 0 fully saturated rings. The maximum Gasteiger partial charge on any atom is 0.339 e. The lowest BCUT2D eigenvalue weighted by Gasteiger charge is -1.99. The van der Waals surface area contributed by atoms with Gasteiger partial charge in [-0.25, -0.2) is 14.5 Å². The monoisotopic (exact) mass is 377 g/mol. The van der Waals surface area contributed by atoms with Crippen molar-refractivity contribution < 1.29 is 14.3 Å². The number of thiazole rings is 2. The Morgan fingerprint density at radius 1 is 1.38 bits per heavy atom.